The summed E-state index contributed by atoms with van der Waals surface area (Å²) in [6.45, 7) is 1.33. The van der Waals surface area contributed by atoms with Gasteiger partial charge in [-0.2, -0.15) is 0 Å². The van der Waals surface area contributed by atoms with Crippen molar-refractivity contribution in [2.45, 2.75) is 31.7 Å². The molecule has 1 aromatic carbocycles. The minimum Gasteiger partial charge on any atom is -0.497 e. The fourth-order valence-corrected chi connectivity index (χ4v) is 2.81. The summed E-state index contributed by atoms with van der Waals surface area (Å²) >= 11 is 0. The number of methoxy groups -OCH3 is 1. The summed E-state index contributed by atoms with van der Waals surface area (Å²) < 4.78 is 5.13. The lowest BCUT2D eigenvalue weighted by Crippen LogP contribution is -2.38. The van der Waals surface area contributed by atoms with Crippen LogP contribution in [0.2, 0.25) is 0 Å². The molecule has 0 aromatic heterocycles. The lowest BCUT2D eigenvalue weighted by molar-refractivity contribution is -0.127. The Morgan fingerprint density at radius 1 is 1.32 bits per heavy atom. The molecule has 0 unspecified atom stereocenters. The Morgan fingerprint density at radius 3 is 2.68 bits per heavy atom. The standard InChI is InChI=1S/C17H22N2O3/c1-22-15-6-2-12(3-7-15)8-9-19-11-14(10-16(19)20)18-17(21)13-4-5-13/h2-3,6-7,13-14H,4-5,8-11H2,1H3,(H,18,21)/t14-/m1/s1. The number of hydrogen-bond acceptors (Lipinski definition) is 3. The highest BCUT2D eigenvalue weighted by Gasteiger charge is 2.35. The van der Waals surface area contributed by atoms with E-state index in [0.29, 0.717) is 19.5 Å². The molecular weight excluding hydrogens is 280 g/mol. The minimum atomic E-state index is -0.0172. The maximum atomic E-state index is 12.0. The van der Waals surface area contributed by atoms with Crippen LogP contribution in [-0.4, -0.2) is 43.0 Å². The van der Waals surface area contributed by atoms with Crippen LogP contribution in [0.25, 0.3) is 0 Å². The summed E-state index contributed by atoms with van der Waals surface area (Å²) in [6.07, 6.45) is 3.24. The molecule has 118 valence electrons. The lowest BCUT2D eigenvalue weighted by atomic mass is 10.1. The van der Waals surface area contributed by atoms with Crippen molar-refractivity contribution in [1.29, 1.82) is 0 Å². The summed E-state index contributed by atoms with van der Waals surface area (Å²) in [4.78, 5) is 25.6. The van der Waals surface area contributed by atoms with E-state index in [2.05, 4.69) is 5.32 Å². The summed E-state index contributed by atoms with van der Waals surface area (Å²) in [7, 11) is 1.65. The number of ether oxygens (including phenoxy) is 1. The van der Waals surface area contributed by atoms with E-state index in [1.165, 1.54) is 5.56 Å². The van der Waals surface area contributed by atoms with Gasteiger partial charge >= 0.3 is 0 Å². The van der Waals surface area contributed by atoms with Crippen LogP contribution in [0, 0.1) is 5.92 Å². The zero-order valence-corrected chi connectivity index (χ0v) is 12.9. The number of carbonyl (C=O) groups is 2. The highest BCUT2D eigenvalue weighted by molar-refractivity contribution is 5.84. The minimum absolute atomic E-state index is 0.0172. The van der Waals surface area contributed by atoms with Crippen molar-refractivity contribution in [3.8, 4) is 5.75 Å². The van der Waals surface area contributed by atoms with E-state index < -0.39 is 0 Å². The third kappa shape index (κ3) is 3.59. The Kier molecular flexibility index (Phi) is 4.32. The molecule has 2 aliphatic rings. The van der Waals surface area contributed by atoms with Gasteiger partial charge in [-0.1, -0.05) is 12.1 Å². The van der Waals surface area contributed by atoms with Gasteiger partial charge < -0.3 is 15.0 Å². The van der Waals surface area contributed by atoms with Gasteiger partial charge in [0, 0.05) is 25.4 Å². The highest BCUT2D eigenvalue weighted by atomic mass is 16.5. The molecule has 5 heteroatoms. The van der Waals surface area contributed by atoms with Crippen LogP contribution < -0.4 is 10.1 Å². The van der Waals surface area contributed by atoms with Gasteiger partial charge in [-0.15, -0.1) is 0 Å². The average Bonchev–Trinajstić information content (AvgIpc) is 3.31. The molecule has 0 spiro atoms. The van der Waals surface area contributed by atoms with E-state index in [-0.39, 0.29) is 23.8 Å². The number of amides is 2. The largest absolute Gasteiger partial charge is 0.497 e. The van der Waals surface area contributed by atoms with Gasteiger partial charge in [0.1, 0.15) is 5.75 Å². The van der Waals surface area contributed by atoms with Gasteiger partial charge in [0.15, 0.2) is 0 Å². The number of benzene rings is 1. The molecule has 1 saturated carbocycles. The highest BCUT2D eigenvalue weighted by Crippen LogP contribution is 2.29. The summed E-state index contributed by atoms with van der Waals surface area (Å²) in [5.74, 6) is 1.29. The van der Waals surface area contributed by atoms with Crippen LogP contribution in [0.1, 0.15) is 24.8 Å². The Morgan fingerprint density at radius 2 is 2.05 bits per heavy atom. The fourth-order valence-electron chi connectivity index (χ4n) is 2.81. The number of likely N-dealkylation sites (tertiary alicyclic amines) is 1. The molecule has 22 heavy (non-hydrogen) atoms. The molecule has 1 aliphatic carbocycles. The van der Waals surface area contributed by atoms with Crippen molar-refractivity contribution >= 4 is 11.8 Å². The molecule has 5 nitrogen and oxygen atoms in total. The van der Waals surface area contributed by atoms with Crippen LogP contribution in [-0.2, 0) is 16.0 Å². The molecule has 1 saturated heterocycles. The molecule has 1 aliphatic heterocycles. The van der Waals surface area contributed by atoms with E-state index in [0.717, 1.165) is 25.0 Å². The molecule has 1 aromatic rings. The second-order valence-corrected chi connectivity index (χ2v) is 6.12. The fraction of sp³-hybridized carbons (Fsp3) is 0.529. The number of rotatable bonds is 6. The lowest BCUT2D eigenvalue weighted by Gasteiger charge is -2.17. The molecule has 3 rings (SSSR count). The maximum Gasteiger partial charge on any atom is 0.224 e. The zero-order valence-electron chi connectivity index (χ0n) is 12.9. The first-order chi connectivity index (χ1) is 10.7. The summed E-state index contributed by atoms with van der Waals surface area (Å²) in [6, 6.07) is 7.88. The molecular formula is C17H22N2O3. The second-order valence-electron chi connectivity index (χ2n) is 6.12. The first-order valence-electron chi connectivity index (χ1n) is 7.87. The number of carbonyl (C=O) groups excluding carboxylic acids is 2. The first kappa shape index (κ1) is 14.9. The number of nitrogens with zero attached hydrogens (tertiary/aromatic N) is 1. The Hall–Kier alpha value is -2.04. The van der Waals surface area contributed by atoms with E-state index in [9.17, 15) is 9.59 Å². The van der Waals surface area contributed by atoms with Crippen molar-refractivity contribution in [3.63, 3.8) is 0 Å². The monoisotopic (exact) mass is 302 g/mol. The van der Waals surface area contributed by atoms with Gasteiger partial charge in [-0.25, -0.2) is 0 Å². The topological polar surface area (TPSA) is 58.6 Å². The van der Waals surface area contributed by atoms with Crippen LogP contribution in [0.5, 0.6) is 5.75 Å². The SMILES string of the molecule is COc1ccc(CCN2C[C@H](NC(=O)C3CC3)CC2=O)cc1. The van der Waals surface area contributed by atoms with Gasteiger partial charge in [-0.3, -0.25) is 9.59 Å². The predicted octanol–water partition coefficient (Wildman–Crippen LogP) is 1.36. The van der Waals surface area contributed by atoms with Crippen molar-refractivity contribution in [3.05, 3.63) is 29.8 Å². The van der Waals surface area contributed by atoms with E-state index in [4.69, 9.17) is 4.74 Å². The van der Waals surface area contributed by atoms with E-state index in [1.54, 1.807) is 7.11 Å². The van der Waals surface area contributed by atoms with E-state index >= 15 is 0 Å². The molecule has 0 radical (unpaired) electrons. The Balaban J connectivity index is 1.47. The van der Waals surface area contributed by atoms with Crippen molar-refractivity contribution in [2.75, 3.05) is 20.2 Å². The van der Waals surface area contributed by atoms with Gasteiger partial charge in [0.05, 0.1) is 13.2 Å². The predicted molar refractivity (Wildman–Crippen MR) is 82.5 cm³/mol. The molecule has 2 fully saturated rings. The Labute approximate surface area is 130 Å². The van der Waals surface area contributed by atoms with Crippen LogP contribution in [0.4, 0.5) is 0 Å². The van der Waals surface area contributed by atoms with Gasteiger partial charge in [0.25, 0.3) is 0 Å². The van der Waals surface area contributed by atoms with E-state index in [1.807, 2.05) is 29.2 Å². The molecule has 1 N–H and O–H groups in total. The molecule has 0 bridgehead atoms. The third-order valence-corrected chi connectivity index (χ3v) is 4.34. The average molecular weight is 302 g/mol. The summed E-state index contributed by atoms with van der Waals surface area (Å²) in [5.41, 5.74) is 1.18. The summed E-state index contributed by atoms with van der Waals surface area (Å²) in [5, 5.41) is 3.00. The third-order valence-electron chi connectivity index (χ3n) is 4.34. The quantitative estimate of drug-likeness (QED) is 0.863. The van der Waals surface area contributed by atoms with Crippen molar-refractivity contribution in [2.24, 2.45) is 5.92 Å². The second kappa shape index (κ2) is 6.38. The normalized spacial score (nSPS) is 21.0. The van der Waals surface area contributed by atoms with Crippen LogP contribution in [0.3, 0.4) is 0 Å². The smallest absolute Gasteiger partial charge is 0.224 e. The first-order valence-corrected chi connectivity index (χ1v) is 7.87. The Bertz CT molecular complexity index is 552. The van der Waals surface area contributed by atoms with Crippen molar-refractivity contribution < 1.29 is 14.3 Å². The molecule has 2 amide bonds. The molecule has 1 atom stereocenters. The van der Waals surface area contributed by atoms with Crippen LogP contribution in [0.15, 0.2) is 24.3 Å². The number of nitrogens with one attached hydrogen (secondary N) is 1. The number of hydrogen-bond donors (Lipinski definition) is 1. The zero-order chi connectivity index (χ0) is 15.5. The maximum absolute atomic E-state index is 12.0. The van der Waals surface area contributed by atoms with Crippen LogP contribution >= 0.6 is 0 Å². The van der Waals surface area contributed by atoms with Gasteiger partial charge in [-0.05, 0) is 37.0 Å². The van der Waals surface area contributed by atoms with Gasteiger partial charge in [0.2, 0.25) is 11.8 Å². The molecule has 1 heterocycles. The van der Waals surface area contributed by atoms with Crippen molar-refractivity contribution in [1.82, 2.24) is 10.2 Å².